The molecule has 3 heteroatoms. The van der Waals surface area contributed by atoms with Crippen molar-refractivity contribution < 1.29 is 4.79 Å². The van der Waals surface area contributed by atoms with Gasteiger partial charge in [0.05, 0.1) is 6.20 Å². The third-order valence-electron chi connectivity index (χ3n) is 2.49. The molecule has 1 heterocycles. The number of benzene rings is 1. The lowest BCUT2D eigenvalue weighted by Gasteiger charge is -1.96. The normalized spacial score (nSPS) is 10.9. The fourth-order valence-corrected chi connectivity index (χ4v) is 1.51. The first-order valence-electron chi connectivity index (χ1n) is 5.43. The third-order valence-corrected chi connectivity index (χ3v) is 2.49. The zero-order chi connectivity index (χ0) is 12.3. The molecule has 1 aromatic carbocycles. The Labute approximate surface area is 100 Å². The van der Waals surface area contributed by atoms with Crippen LogP contribution in [0.25, 0.3) is 6.08 Å². The van der Waals surface area contributed by atoms with E-state index < -0.39 is 0 Å². The second-order valence-corrected chi connectivity index (χ2v) is 4.01. The van der Waals surface area contributed by atoms with E-state index in [-0.39, 0.29) is 5.78 Å². The minimum atomic E-state index is 0.00820. The monoisotopic (exact) mass is 226 g/mol. The summed E-state index contributed by atoms with van der Waals surface area (Å²) >= 11 is 0. The summed E-state index contributed by atoms with van der Waals surface area (Å²) < 4.78 is 1.70. The van der Waals surface area contributed by atoms with E-state index in [1.165, 1.54) is 0 Å². The second kappa shape index (κ2) is 4.78. The van der Waals surface area contributed by atoms with Gasteiger partial charge in [0.25, 0.3) is 0 Å². The highest BCUT2D eigenvalue weighted by atomic mass is 16.1. The van der Waals surface area contributed by atoms with Crippen LogP contribution in [0.2, 0.25) is 0 Å². The summed E-state index contributed by atoms with van der Waals surface area (Å²) in [4.78, 5) is 11.8. The van der Waals surface area contributed by atoms with E-state index in [0.717, 1.165) is 11.1 Å². The minimum Gasteiger partial charge on any atom is -0.289 e. The van der Waals surface area contributed by atoms with E-state index in [1.807, 2.05) is 44.4 Å². The van der Waals surface area contributed by atoms with Crippen LogP contribution >= 0.6 is 0 Å². The number of hydrogen-bond acceptors (Lipinski definition) is 2. The van der Waals surface area contributed by atoms with Gasteiger partial charge in [0, 0.05) is 24.4 Å². The molecule has 0 spiro atoms. The van der Waals surface area contributed by atoms with Crippen molar-refractivity contribution in [3.63, 3.8) is 0 Å². The highest BCUT2D eigenvalue weighted by molar-refractivity contribution is 6.06. The van der Waals surface area contributed by atoms with Crippen LogP contribution in [-0.4, -0.2) is 15.6 Å². The molecule has 0 bridgehead atoms. The maximum Gasteiger partial charge on any atom is 0.185 e. The predicted octanol–water partition coefficient (Wildman–Crippen LogP) is 2.62. The Morgan fingerprint density at radius 2 is 2.00 bits per heavy atom. The van der Waals surface area contributed by atoms with Crippen molar-refractivity contribution in [1.82, 2.24) is 9.78 Å². The van der Waals surface area contributed by atoms with Crippen molar-refractivity contribution in [1.29, 1.82) is 0 Å². The number of aryl methyl sites for hydroxylation is 2. The van der Waals surface area contributed by atoms with E-state index in [4.69, 9.17) is 0 Å². The first-order valence-corrected chi connectivity index (χ1v) is 5.43. The number of nitrogens with zero attached hydrogens (tertiary/aromatic N) is 2. The molecule has 0 saturated carbocycles. The number of carbonyl (C=O) groups excluding carboxylic acids is 1. The lowest BCUT2D eigenvalue weighted by molar-refractivity contribution is 0.104. The maximum atomic E-state index is 11.8. The maximum absolute atomic E-state index is 11.8. The van der Waals surface area contributed by atoms with Crippen LogP contribution < -0.4 is 0 Å². The van der Waals surface area contributed by atoms with E-state index in [2.05, 4.69) is 5.10 Å². The van der Waals surface area contributed by atoms with Gasteiger partial charge in [0.1, 0.15) is 0 Å². The Hall–Kier alpha value is -2.16. The summed E-state index contributed by atoms with van der Waals surface area (Å²) in [6.45, 7) is 2.00. The van der Waals surface area contributed by atoms with Gasteiger partial charge in [-0.05, 0) is 19.1 Å². The Morgan fingerprint density at radius 1 is 1.29 bits per heavy atom. The van der Waals surface area contributed by atoms with E-state index >= 15 is 0 Å². The van der Waals surface area contributed by atoms with Crippen LogP contribution in [0.15, 0.2) is 42.7 Å². The van der Waals surface area contributed by atoms with E-state index in [9.17, 15) is 4.79 Å². The van der Waals surface area contributed by atoms with Crippen LogP contribution in [0, 0.1) is 6.92 Å². The Bertz CT molecular complexity index is 550. The SMILES string of the molecule is Cc1ccc(C(=O)/C=C\c2cnn(C)c2)cc1. The van der Waals surface area contributed by atoms with Crippen molar-refractivity contribution in [2.75, 3.05) is 0 Å². The quantitative estimate of drug-likeness (QED) is 0.595. The molecule has 0 aliphatic heterocycles. The number of carbonyl (C=O) groups is 1. The summed E-state index contributed by atoms with van der Waals surface area (Å²) in [5.74, 6) is 0.00820. The average molecular weight is 226 g/mol. The van der Waals surface area contributed by atoms with Crippen LogP contribution in [0.5, 0.6) is 0 Å². The average Bonchev–Trinajstić information content (AvgIpc) is 2.73. The first-order chi connectivity index (χ1) is 8.15. The molecular weight excluding hydrogens is 212 g/mol. The van der Waals surface area contributed by atoms with Crippen molar-refractivity contribution in [2.24, 2.45) is 7.05 Å². The molecule has 2 rings (SSSR count). The van der Waals surface area contributed by atoms with Crippen molar-refractivity contribution in [2.45, 2.75) is 6.92 Å². The molecule has 2 aromatic rings. The molecule has 0 atom stereocenters. The van der Waals surface area contributed by atoms with Crippen LogP contribution in [0.4, 0.5) is 0 Å². The summed E-state index contributed by atoms with van der Waals surface area (Å²) in [7, 11) is 1.85. The molecule has 1 aromatic heterocycles. The molecule has 0 amide bonds. The van der Waals surface area contributed by atoms with Crippen LogP contribution in [0.1, 0.15) is 21.5 Å². The van der Waals surface area contributed by atoms with Gasteiger partial charge in [0.2, 0.25) is 0 Å². The fourth-order valence-electron chi connectivity index (χ4n) is 1.51. The topological polar surface area (TPSA) is 34.9 Å². The van der Waals surface area contributed by atoms with Crippen LogP contribution in [0.3, 0.4) is 0 Å². The standard InChI is InChI=1S/C14H14N2O/c1-11-3-6-13(7-4-11)14(17)8-5-12-9-15-16(2)10-12/h3-10H,1-2H3/b8-5-. The second-order valence-electron chi connectivity index (χ2n) is 4.01. The molecule has 0 aliphatic rings. The van der Waals surface area contributed by atoms with Crippen molar-refractivity contribution in [3.05, 3.63) is 59.4 Å². The van der Waals surface area contributed by atoms with Gasteiger partial charge in [-0.25, -0.2) is 0 Å². The van der Waals surface area contributed by atoms with Gasteiger partial charge in [-0.15, -0.1) is 0 Å². The lowest BCUT2D eigenvalue weighted by Crippen LogP contribution is -1.93. The molecule has 0 saturated heterocycles. The number of aromatic nitrogens is 2. The van der Waals surface area contributed by atoms with Gasteiger partial charge < -0.3 is 0 Å². The van der Waals surface area contributed by atoms with Gasteiger partial charge in [-0.2, -0.15) is 5.10 Å². The highest BCUT2D eigenvalue weighted by Gasteiger charge is 2.00. The third kappa shape index (κ3) is 2.91. The van der Waals surface area contributed by atoms with Crippen molar-refractivity contribution >= 4 is 11.9 Å². The summed E-state index contributed by atoms with van der Waals surface area (Å²) in [5, 5.41) is 4.03. The van der Waals surface area contributed by atoms with Crippen LogP contribution in [-0.2, 0) is 7.05 Å². The number of rotatable bonds is 3. The van der Waals surface area contributed by atoms with Gasteiger partial charge in [0.15, 0.2) is 5.78 Å². The molecule has 0 radical (unpaired) electrons. The molecule has 3 nitrogen and oxygen atoms in total. The zero-order valence-electron chi connectivity index (χ0n) is 9.92. The Balaban J connectivity index is 2.11. The Morgan fingerprint density at radius 3 is 2.59 bits per heavy atom. The molecular formula is C14H14N2O. The number of ketones is 1. The fraction of sp³-hybridized carbons (Fsp3) is 0.143. The minimum absolute atomic E-state index is 0.00820. The molecule has 17 heavy (non-hydrogen) atoms. The molecule has 0 unspecified atom stereocenters. The molecule has 0 fully saturated rings. The molecule has 0 N–H and O–H groups in total. The number of allylic oxidation sites excluding steroid dienone is 1. The van der Waals surface area contributed by atoms with E-state index in [1.54, 1.807) is 23.0 Å². The lowest BCUT2D eigenvalue weighted by atomic mass is 10.1. The summed E-state index contributed by atoms with van der Waals surface area (Å²) in [6, 6.07) is 7.55. The van der Waals surface area contributed by atoms with Gasteiger partial charge >= 0.3 is 0 Å². The van der Waals surface area contributed by atoms with Gasteiger partial charge in [-0.1, -0.05) is 29.8 Å². The van der Waals surface area contributed by atoms with E-state index in [0.29, 0.717) is 5.56 Å². The molecule has 86 valence electrons. The first kappa shape index (κ1) is 11.3. The zero-order valence-corrected chi connectivity index (χ0v) is 9.92. The molecule has 0 aliphatic carbocycles. The largest absolute Gasteiger partial charge is 0.289 e. The number of hydrogen-bond donors (Lipinski definition) is 0. The highest BCUT2D eigenvalue weighted by Crippen LogP contribution is 2.06. The van der Waals surface area contributed by atoms with Gasteiger partial charge in [-0.3, -0.25) is 9.48 Å². The summed E-state index contributed by atoms with van der Waals surface area (Å²) in [6.07, 6.45) is 6.93. The summed E-state index contributed by atoms with van der Waals surface area (Å²) in [5.41, 5.74) is 2.78. The predicted molar refractivity (Wildman–Crippen MR) is 67.8 cm³/mol. The smallest absolute Gasteiger partial charge is 0.185 e. The van der Waals surface area contributed by atoms with Crippen molar-refractivity contribution in [3.8, 4) is 0 Å². The Kier molecular flexibility index (Phi) is 3.19.